The zero-order valence-corrected chi connectivity index (χ0v) is 9.63. The highest BCUT2D eigenvalue weighted by atomic mass is 19.4. The Morgan fingerprint density at radius 3 is 2.71 bits per heavy atom. The molecule has 1 aromatic rings. The molecule has 7 heteroatoms. The zero-order valence-electron chi connectivity index (χ0n) is 9.63. The van der Waals surface area contributed by atoms with Crippen molar-refractivity contribution in [3.05, 3.63) is 17.5 Å². The number of alkyl halides is 3. The molecule has 0 aliphatic rings. The molecule has 0 aromatic carbocycles. The molecule has 0 radical (unpaired) electrons. The summed E-state index contributed by atoms with van der Waals surface area (Å²) in [5.41, 5.74) is 7.38. The molecular weight excluding hydrogens is 235 g/mol. The summed E-state index contributed by atoms with van der Waals surface area (Å²) in [6.45, 7) is 1.70. The van der Waals surface area contributed by atoms with Crippen LogP contribution in [0.5, 0.6) is 0 Å². The lowest BCUT2D eigenvalue weighted by Crippen LogP contribution is -2.18. The quantitative estimate of drug-likeness (QED) is 0.782. The van der Waals surface area contributed by atoms with E-state index >= 15 is 0 Å². The fourth-order valence-electron chi connectivity index (χ4n) is 1.42. The van der Waals surface area contributed by atoms with Gasteiger partial charge in [0.2, 0.25) is 0 Å². The predicted octanol–water partition coefficient (Wildman–Crippen LogP) is 1.62. The monoisotopic (exact) mass is 251 g/mol. The smallest absolute Gasteiger partial charge is 0.372 e. The summed E-state index contributed by atoms with van der Waals surface area (Å²) >= 11 is 0. The Morgan fingerprint density at radius 2 is 2.18 bits per heavy atom. The van der Waals surface area contributed by atoms with Crippen LogP contribution in [0.1, 0.15) is 17.7 Å². The van der Waals surface area contributed by atoms with E-state index in [-0.39, 0.29) is 6.61 Å². The van der Waals surface area contributed by atoms with Gasteiger partial charge in [-0.2, -0.15) is 18.3 Å². The molecule has 0 aliphatic heterocycles. The Balaban J connectivity index is 2.25. The fourth-order valence-corrected chi connectivity index (χ4v) is 1.42. The Hall–Kier alpha value is -1.08. The molecule has 0 unspecified atom stereocenters. The third-order valence-electron chi connectivity index (χ3n) is 2.35. The highest BCUT2D eigenvalue weighted by Gasteiger charge is 2.27. The molecule has 0 aliphatic carbocycles. The van der Waals surface area contributed by atoms with Gasteiger partial charge in [-0.3, -0.25) is 4.68 Å². The van der Waals surface area contributed by atoms with Gasteiger partial charge >= 0.3 is 6.18 Å². The first-order chi connectivity index (χ1) is 7.94. The van der Waals surface area contributed by atoms with E-state index in [9.17, 15) is 13.2 Å². The Kier molecular flexibility index (Phi) is 4.95. The molecular formula is C10H16F3N3O. The van der Waals surface area contributed by atoms with E-state index in [1.807, 2.05) is 6.92 Å². The molecule has 0 bridgehead atoms. The summed E-state index contributed by atoms with van der Waals surface area (Å²) in [7, 11) is 0. The third-order valence-corrected chi connectivity index (χ3v) is 2.35. The number of hydrogen-bond donors (Lipinski definition) is 1. The van der Waals surface area contributed by atoms with Crippen molar-refractivity contribution in [3.8, 4) is 0 Å². The van der Waals surface area contributed by atoms with Crippen molar-refractivity contribution >= 4 is 0 Å². The van der Waals surface area contributed by atoms with Gasteiger partial charge in [-0.25, -0.2) is 0 Å². The number of hydrogen-bond acceptors (Lipinski definition) is 3. The van der Waals surface area contributed by atoms with E-state index < -0.39 is 12.8 Å². The Bertz CT molecular complexity index is 349. The van der Waals surface area contributed by atoms with Crippen molar-refractivity contribution < 1.29 is 17.9 Å². The molecule has 1 heterocycles. The minimum Gasteiger partial charge on any atom is -0.372 e. The van der Waals surface area contributed by atoms with Crippen LogP contribution in [-0.2, 0) is 17.8 Å². The summed E-state index contributed by atoms with van der Waals surface area (Å²) in [5.74, 6) is 0. The van der Waals surface area contributed by atoms with Gasteiger partial charge < -0.3 is 10.5 Å². The van der Waals surface area contributed by atoms with Crippen molar-refractivity contribution in [1.29, 1.82) is 0 Å². The van der Waals surface area contributed by atoms with Crippen LogP contribution < -0.4 is 5.73 Å². The maximum absolute atomic E-state index is 11.8. The lowest BCUT2D eigenvalue weighted by molar-refractivity contribution is -0.174. The SMILES string of the molecule is Cc1c(CN)cnn1CCCOCC(F)(F)F. The molecule has 0 saturated heterocycles. The minimum absolute atomic E-state index is 0.0662. The largest absolute Gasteiger partial charge is 0.411 e. The molecule has 0 spiro atoms. The van der Waals surface area contributed by atoms with E-state index in [1.165, 1.54) is 0 Å². The number of aromatic nitrogens is 2. The number of nitrogens with zero attached hydrogens (tertiary/aromatic N) is 2. The molecule has 17 heavy (non-hydrogen) atoms. The molecule has 0 fully saturated rings. The van der Waals surface area contributed by atoms with Crippen LogP contribution in [0.15, 0.2) is 6.20 Å². The highest BCUT2D eigenvalue weighted by Crippen LogP contribution is 2.14. The van der Waals surface area contributed by atoms with Gasteiger partial charge in [0.25, 0.3) is 0 Å². The molecule has 0 amide bonds. The highest BCUT2D eigenvalue weighted by molar-refractivity contribution is 5.15. The number of nitrogens with two attached hydrogens (primary N) is 1. The average Bonchev–Trinajstić information content (AvgIpc) is 2.58. The van der Waals surface area contributed by atoms with Crippen molar-refractivity contribution in [2.75, 3.05) is 13.2 Å². The topological polar surface area (TPSA) is 53.1 Å². The Labute approximate surface area is 97.5 Å². The number of ether oxygens (including phenoxy) is 1. The third kappa shape index (κ3) is 4.74. The van der Waals surface area contributed by atoms with Crippen LogP contribution in [0, 0.1) is 6.92 Å². The van der Waals surface area contributed by atoms with Crippen LogP contribution in [0.25, 0.3) is 0 Å². The predicted molar refractivity (Wildman–Crippen MR) is 56.3 cm³/mol. The van der Waals surface area contributed by atoms with Crippen molar-refractivity contribution in [2.24, 2.45) is 5.73 Å². The van der Waals surface area contributed by atoms with Crippen molar-refractivity contribution in [1.82, 2.24) is 9.78 Å². The first kappa shape index (κ1) is 14.0. The summed E-state index contributed by atoms with van der Waals surface area (Å²) in [6.07, 6.45) is -2.09. The zero-order chi connectivity index (χ0) is 12.9. The van der Waals surface area contributed by atoms with Gasteiger partial charge in [0.1, 0.15) is 6.61 Å². The lowest BCUT2D eigenvalue weighted by Gasteiger charge is -2.08. The number of halogens is 3. The molecule has 98 valence electrons. The van der Waals surface area contributed by atoms with Gasteiger partial charge in [-0.1, -0.05) is 0 Å². The second-order valence-corrected chi connectivity index (χ2v) is 3.70. The van der Waals surface area contributed by atoms with Gasteiger partial charge in [0.05, 0.1) is 6.20 Å². The number of rotatable bonds is 6. The first-order valence-corrected chi connectivity index (χ1v) is 5.30. The van der Waals surface area contributed by atoms with E-state index in [4.69, 9.17) is 5.73 Å². The van der Waals surface area contributed by atoms with E-state index in [0.29, 0.717) is 19.5 Å². The van der Waals surface area contributed by atoms with Crippen LogP contribution in [0.2, 0.25) is 0 Å². The second kappa shape index (κ2) is 6.02. The van der Waals surface area contributed by atoms with Crippen LogP contribution in [0.3, 0.4) is 0 Å². The lowest BCUT2D eigenvalue weighted by atomic mass is 10.2. The fraction of sp³-hybridized carbons (Fsp3) is 0.700. The maximum Gasteiger partial charge on any atom is 0.411 e. The van der Waals surface area contributed by atoms with Crippen LogP contribution >= 0.6 is 0 Å². The van der Waals surface area contributed by atoms with Crippen LogP contribution in [-0.4, -0.2) is 29.2 Å². The molecule has 0 saturated carbocycles. The summed E-state index contributed by atoms with van der Waals surface area (Å²) in [4.78, 5) is 0. The minimum atomic E-state index is -4.26. The number of aryl methyl sites for hydroxylation is 1. The van der Waals surface area contributed by atoms with E-state index in [2.05, 4.69) is 9.84 Å². The normalized spacial score (nSPS) is 12.1. The summed E-state index contributed by atoms with van der Waals surface area (Å²) in [5, 5.41) is 4.09. The van der Waals surface area contributed by atoms with E-state index in [0.717, 1.165) is 11.3 Å². The summed E-state index contributed by atoms with van der Waals surface area (Å²) in [6, 6.07) is 0. The van der Waals surface area contributed by atoms with Gasteiger partial charge in [0.15, 0.2) is 0 Å². The molecule has 1 aromatic heterocycles. The molecule has 1 rings (SSSR count). The maximum atomic E-state index is 11.8. The molecule has 2 N–H and O–H groups in total. The average molecular weight is 251 g/mol. The Morgan fingerprint density at radius 1 is 1.47 bits per heavy atom. The standard InChI is InChI=1S/C10H16F3N3O/c1-8-9(5-14)6-15-16(8)3-2-4-17-7-10(11,12)13/h6H,2-5,7,14H2,1H3. The molecule has 0 atom stereocenters. The van der Waals surface area contributed by atoms with E-state index in [1.54, 1.807) is 10.9 Å². The van der Waals surface area contributed by atoms with Gasteiger partial charge in [0, 0.05) is 31.0 Å². The van der Waals surface area contributed by atoms with Gasteiger partial charge in [-0.15, -0.1) is 0 Å². The van der Waals surface area contributed by atoms with Crippen molar-refractivity contribution in [2.45, 2.75) is 32.6 Å². The first-order valence-electron chi connectivity index (χ1n) is 5.30. The van der Waals surface area contributed by atoms with Crippen LogP contribution in [0.4, 0.5) is 13.2 Å². The van der Waals surface area contributed by atoms with Gasteiger partial charge in [-0.05, 0) is 13.3 Å². The van der Waals surface area contributed by atoms with Crippen molar-refractivity contribution in [3.63, 3.8) is 0 Å². The second-order valence-electron chi connectivity index (χ2n) is 3.70. The molecule has 4 nitrogen and oxygen atoms in total. The summed E-state index contributed by atoms with van der Waals surface area (Å²) < 4.78 is 41.5.